The van der Waals surface area contributed by atoms with Gasteiger partial charge in [0.15, 0.2) is 0 Å². The third kappa shape index (κ3) is 3.90. The van der Waals surface area contributed by atoms with E-state index in [1.807, 2.05) is 6.07 Å². The third-order valence-corrected chi connectivity index (χ3v) is 2.91. The number of hydrogen-bond acceptors (Lipinski definition) is 5. The normalized spacial score (nSPS) is 19.9. The highest BCUT2D eigenvalue weighted by atomic mass is 16.7. The highest BCUT2D eigenvalue weighted by Crippen LogP contribution is 2.23. The molecule has 20 heavy (non-hydrogen) atoms. The standard InChI is InChI=1S/C15H18O5/c1-3-12(14(13-9-18-13)19-10-17-2)20-15(16)11-7-5-4-6-8-11/h3-8,12-14H,1,9-10H2,2H3/t12-,13+,14-/m1/s1. The molecular formula is C15H18O5. The van der Waals surface area contributed by atoms with Crippen LogP contribution in [0.5, 0.6) is 0 Å². The van der Waals surface area contributed by atoms with Crippen molar-refractivity contribution in [3.05, 3.63) is 48.6 Å². The zero-order valence-corrected chi connectivity index (χ0v) is 11.4. The molecule has 0 radical (unpaired) electrons. The van der Waals surface area contributed by atoms with E-state index in [4.69, 9.17) is 18.9 Å². The lowest BCUT2D eigenvalue weighted by Gasteiger charge is -2.23. The number of carbonyl (C=O) groups excluding carboxylic acids is 1. The van der Waals surface area contributed by atoms with Crippen LogP contribution in [0.3, 0.4) is 0 Å². The molecule has 1 saturated heterocycles. The lowest BCUT2D eigenvalue weighted by atomic mass is 10.1. The van der Waals surface area contributed by atoms with Crippen LogP contribution in [0.25, 0.3) is 0 Å². The van der Waals surface area contributed by atoms with Crippen LogP contribution in [0.1, 0.15) is 10.4 Å². The predicted octanol–water partition coefficient (Wildman–Crippen LogP) is 1.79. The number of rotatable bonds is 8. The van der Waals surface area contributed by atoms with E-state index in [1.54, 1.807) is 30.3 Å². The molecule has 108 valence electrons. The average molecular weight is 278 g/mol. The van der Waals surface area contributed by atoms with E-state index in [0.717, 1.165) is 0 Å². The number of ether oxygens (including phenoxy) is 4. The Labute approximate surface area is 118 Å². The Morgan fingerprint density at radius 2 is 2.20 bits per heavy atom. The zero-order valence-electron chi connectivity index (χ0n) is 11.4. The number of hydrogen-bond donors (Lipinski definition) is 0. The molecule has 1 aliphatic rings. The first-order valence-corrected chi connectivity index (χ1v) is 6.37. The lowest BCUT2D eigenvalue weighted by molar-refractivity contribution is -0.112. The molecule has 1 aromatic carbocycles. The molecule has 1 fully saturated rings. The summed E-state index contributed by atoms with van der Waals surface area (Å²) in [5.74, 6) is -0.415. The molecule has 0 unspecified atom stereocenters. The number of carbonyl (C=O) groups is 1. The van der Waals surface area contributed by atoms with E-state index in [0.29, 0.717) is 12.2 Å². The maximum atomic E-state index is 12.0. The summed E-state index contributed by atoms with van der Waals surface area (Å²) in [7, 11) is 1.53. The minimum Gasteiger partial charge on any atom is -0.452 e. The molecule has 1 heterocycles. The molecule has 0 saturated carbocycles. The molecule has 0 spiro atoms. The fourth-order valence-corrected chi connectivity index (χ4v) is 1.82. The summed E-state index contributed by atoms with van der Waals surface area (Å²) in [6, 6.07) is 8.79. The van der Waals surface area contributed by atoms with Crippen LogP contribution in [0.2, 0.25) is 0 Å². The van der Waals surface area contributed by atoms with Gasteiger partial charge < -0.3 is 18.9 Å². The first-order valence-electron chi connectivity index (χ1n) is 6.37. The van der Waals surface area contributed by atoms with Crippen molar-refractivity contribution in [3.63, 3.8) is 0 Å². The molecule has 1 aromatic rings. The van der Waals surface area contributed by atoms with Crippen molar-refractivity contribution in [2.24, 2.45) is 0 Å². The second kappa shape index (κ2) is 7.19. The van der Waals surface area contributed by atoms with Crippen molar-refractivity contribution >= 4 is 5.97 Å². The second-order valence-electron chi connectivity index (χ2n) is 4.38. The minimum atomic E-state index is -0.578. The smallest absolute Gasteiger partial charge is 0.338 e. The highest BCUT2D eigenvalue weighted by Gasteiger charge is 2.40. The van der Waals surface area contributed by atoms with Crippen molar-refractivity contribution in [2.45, 2.75) is 18.3 Å². The molecule has 0 N–H and O–H groups in total. The summed E-state index contributed by atoms with van der Waals surface area (Å²) in [6.45, 7) is 4.39. The number of methoxy groups -OCH3 is 1. The van der Waals surface area contributed by atoms with Crippen LogP contribution in [0, 0.1) is 0 Å². The molecule has 0 amide bonds. The van der Waals surface area contributed by atoms with Gasteiger partial charge in [0, 0.05) is 7.11 Å². The van der Waals surface area contributed by atoms with Gasteiger partial charge in [0.2, 0.25) is 0 Å². The molecule has 5 nitrogen and oxygen atoms in total. The third-order valence-electron chi connectivity index (χ3n) is 2.91. The van der Waals surface area contributed by atoms with Gasteiger partial charge in [0.25, 0.3) is 0 Å². The number of esters is 1. The van der Waals surface area contributed by atoms with Crippen LogP contribution in [0.4, 0.5) is 0 Å². The second-order valence-corrected chi connectivity index (χ2v) is 4.38. The van der Waals surface area contributed by atoms with Gasteiger partial charge in [-0.1, -0.05) is 24.8 Å². The summed E-state index contributed by atoms with van der Waals surface area (Å²) < 4.78 is 21.0. The Morgan fingerprint density at radius 1 is 1.50 bits per heavy atom. The fraction of sp³-hybridized carbons (Fsp3) is 0.400. The molecule has 2 rings (SSSR count). The van der Waals surface area contributed by atoms with Crippen molar-refractivity contribution in [1.29, 1.82) is 0 Å². The molecule has 0 aromatic heterocycles. The Balaban J connectivity index is 1.99. The lowest BCUT2D eigenvalue weighted by Crippen LogP contribution is -2.37. The number of epoxide rings is 1. The molecule has 3 atom stereocenters. The van der Waals surface area contributed by atoms with Gasteiger partial charge in [0.1, 0.15) is 25.1 Å². The van der Waals surface area contributed by atoms with Crippen LogP contribution in [0.15, 0.2) is 43.0 Å². The quantitative estimate of drug-likeness (QED) is 0.314. The first-order chi connectivity index (χ1) is 9.76. The number of benzene rings is 1. The Morgan fingerprint density at radius 3 is 2.75 bits per heavy atom. The molecule has 0 aliphatic carbocycles. The van der Waals surface area contributed by atoms with E-state index < -0.39 is 18.2 Å². The average Bonchev–Trinajstić information content (AvgIpc) is 3.31. The monoisotopic (exact) mass is 278 g/mol. The zero-order chi connectivity index (χ0) is 14.4. The molecule has 5 heteroatoms. The van der Waals surface area contributed by atoms with E-state index >= 15 is 0 Å². The largest absolute Gasteiger partial charge is 0.452 e. The van der Waals surface area contributed by atoms with Crippen LogP contribution < -0.4 is 0 Å². The van der Waals surface area contributed by atoms with Crippen LogP contribution in [-0.2, 0) is 18.9 Å². The Hall–Kier alpha value is -1.69. The fourth-order valence-electron chi connectivity index (χ4n) is 1.82. The van der Waals surface area contributed by atoms with Gasteiger partial charge in [-0.2, -0.15) is 0 Å². The Kier molecular flexibility index (Phi) is 5.29. The topological polar surface area (TPSA) is 57.3 Å². The highest BCUT2D eigenvalue weighted by molar-refractivity contribution is 5.89. The minimum absolute atomic E-state index is 0.0864. The predicted molar refractivity (Wildman–Crippen MR) is 72.3 cm³/mol. The summed E-state index contributed by atoms with van der Waals surface area (Å²) in [5.41, 5.74) is 0.488. The van der Waals surface area contributed by atoms with Gasteiger partial charge in [0.05, 0.1) is 12.2 Å². The van der Waals surface area contributed by atoms with Crippen LogP contribution >= 0.6 is 0 Å². The van der Waals surface area contributed by atoms with E-state index in [-0.39, 0.29) is 12.9 Å². The molecular weight excluding hydrogens is 260 g/mol. The van der Waals surface area contributed by atoms with Gasteiger partial charge in [-0.25, -0.2) is 4.79 Å². The van der Waals surface area contributed by atoms with Gasteiger partial charge in [-0.3, -0.25) is 0 Å². The van der Waals surface area contributed by atoms with Crippen molar-refractivity contribution in [1.82, 2.24) is 0 Å². The summed E-state index contributed by atoms with van der Waals surface area (Å²) >= 11 is 0. The van der Waals surface area contributed by atoms with E-state index in [2.05, 4.69) is 6.58 Å². The van der Waals surface area contributed by atoms with Crippen LogP contribution in [-0.4, -0.2) is 44.8 Å². The maximum Gasteiger partial charge on any atom is 0.338 e. The Bertz CT molecular complexity index is 441. The van der Waals surface area contributed by atoms with Gasteiger partial charge >= 0.3 is 5.97 Å². The van der Waals surface area contributed by atoms with Crippen molar-refractivity contribution < 1.29 is 23.7 Å². The van der Waals surface area contributed by atoms with Gasteiger partial charge in [-0.15, -0.1) is 0 Å². The van der Waals surface area contributed by atoms with Gasteiger partial charge in [-0.05, 0) is 18.2 Å². The maximum absolute atomic E-state index is 12.0. The molecule has 0 bridgehead atoms. The molecule has 1 aliphatic heterocycles. The van der Waals surface area contributed by atoms with Crippen molar-refractivity contribution in [3.8, 4) is 0 Å². The van der Waals surface area contributed by atoms with E-state index in [9.17, 15) is 4.79 Å². The van der Waals surface area contributed by atoms with Crippen molar-refractivity contribution in [2.75, 3.05) is 20.5 Å². The summed E-state index contributed by atoms with van der Waals surface area (Å²) in [4.78, 5) is 12.0. The SMILES string of the molecule is C=C[C@@H](OC(=O)c1ccccc1)[C@@H](OCOC)[C@@H]1CO1. The summed E-state index contributed by atoms with van der Waals surface area (Å²) in [5, 5.41) is 0. The summed E-state index contributed by atoms with van der Waals surface area (Å²) in [6.07, 6.45) is 0.477. The van der Waals surface area contributed by atoms with E-state index in [1.165, 1.54) is 7.11 Å². The first kappa shape index (κ1) is 14.7.